The van der Waals surface area contributed by atoms with Gasteiger partial charge in [-0.2, -0.15) is 0 Å². The Morgan fingerprint density at radius 1 is 1.04 bits per heavy atom. The first-order chi connectivity index (χ1) is 13.5. The average Bonchev–Trinajstić information content (AvgIpc) is 2.87. The van der Waals surface area contributed by atoms with Gasteiger partial charge >= 0.3 is 0 Å². The second kappa shape index (κ2) is 7.27. The van der Waals surface area contributed by atoms with E-state index in [0.717, 1.165) is 41.3 Å². The van der Waals surface area contributed by atoms with Crippen LogP contribution in [0.3, 0.4) is 0 Å². The number of carbonyl (C=O) groups excluding carboxylic acids is 1. The van der Waals surface area contributed by atoms with Gasteiger partial charge in [0.1, 0.15) is 5.70 Å². The summed E-state index contributed by atoms with van der Waals surface area (Å²) in [6.07, 6.45) is 0. The lowest BCUT2D eigenvalue weighted by molar-refractivity contribution is -0.116. The molecule has 2 aliphatic heterocycles. The molecule has 0 saturated carbocycles. The minimum Gasteiger partial charge on any atom is -0.368 e. The molecule has 1 amide bonds. The number of aryl methyl sites for hydroxylation is 1. The van der Waals surface area contributed by atoms with E-state index in [1.54, 1.807) is 0 Å². The molecule has 2 aromatic carbocycles. The van der Waals surface area contributed by atoms with Gasteiger partial charge in [-0.3, -0.25) is 14.7 Å². The van der Waals surface area contributed by atoms with Gasteiger partial charge in [-0.15, -0.1) is 0 Å². The number of hydrogen-bond donors (Lipinski definition) is 0. The fraction of sp³-hybridized carbons (Fsp3) is 0.333. The quantitative estimate of drug-likeness (QED) is 0.800. The zero-order valence-electron chi connectivity index (χ0n) is 17.0. The zero-order valence-corrected chi connectivity index (χ0v) is 17.0. The minimum atomic E-state index is -0.160. The number of nitrogens with zero attached hydrogens (tertiary/aromatic N) is 3. The number of rotatable bonds is 3. The summed E-state index contributed by atoms with van der Waals surface area (Å²) in [6.45, 7) is 7.89. The highest BCUT2D eigenvalue weighted by atomic mass is 16.2. The van der Waals surface area contributed by atoms with Crippen LogP contribution in [0.4, 0.5) is 5.69 Å². The normalized spacial score (nSPS) is 19.8. The highest BCUT2D eigenvalue weighted by Gasteiger charge is 2.45. The Morgan fingerprint density at radius 2 is 1.71 bits per heavy atom. The maximum Gasteiger partial charge on any atom is 0.275 e. The number of amides is 1. The molecule has 0 saturated heterocycles. The van der Waals surface area contributed by atoms with Gasteiger partial charge in [0.25, 0.3) is 5.91 Å². The summed E-state index contributed by atoms with van der Waals surface area (Å²) < 4.78 is 0. The van der Waals surface area contributed by atoms with Crippen molar-refractivity contribution in [1.82, 2.24) is 4.90 Å². The lowest BCUT2D eigenvalue weighted by Gasteiger charge is -2.29. The van der Waals surface area contributed by atoms with Crippen LogP contribution in [0.25, 0.3) is 0 Å². The Balaban J connectivity index is 1.96. The van der Waals surface area contributed by atoms with Gasteiger partial charge in [0.2, 0.25) is 0 Å². The minimum absolute atomic E-state index is 0.0597. The van der Waals surface area contributed by atoms with Crippen molar-refractivity contribution in [2.24, 2.45) is 10.9 Å². The Bertz CT molecular complexity index is 942. The van der Waals surface area contributed by atoms with Crippen molar-refractivity contribution in [3.05, 3.63) is 77.0 Å². The predicted molar refractivity (Wildman–Crippen MR) is 115 cm³/mol. The van der Waals surface area contributed by atoms with Crippen molar-refractivity contribution in [3.63, 3.8) is 0 Å². The van der Waals surface area contributed by atoms with Crippen LogP contribution in [0.15, 0.2) is 70.9 Å². The van der Waals surface area contributed by atoms with Gasteiger partial charge < -0.3 is 4.90 Å². The number of para-hydroxylation sites is 1. The fourth-order valence-corrected chi connectivity index (χ4v) is 4.17. The zero-order chi connectivity index (χ0) is 19.8. The number of likely N-dealkylation sites (N-methyl/N-ethyl adjacent to an activating group) is 1. The van der Waals surface area contributed by atoms with Crippen molar-refractivity contribution in [2.45, 2.75) is 26.8 Å². The third-order valence-corrected chi connectivity index (χ3v) is 5.56. The summed E-state index contributed by atoms with van der Waals surface area (Å²) in [7, 11) is 2.01. The van der Waals surface area contributed by atoms with Crippen molar-refractivity contribution in [3.8, 4) is 0 Å². The summed E-state index contributed by atoms with van der Waals surface area (Å²) in [6, 6.07) is 18.3. The van der Waals surface area contributed by atoms with Crippen molar-refractivity contribution in [2.75, 3.05) is 25.0 Å². The van der Waals surface area contributed by atoms with Crippen LogP contribution >= 0.6 is 0 Å². The average molecular weight is 374 g/mol. The summed E-state index contributed by atoms with van der Waals surface area (Å²) in [5, 5.41) is 0. The van der Waals surface area contributed by atoms with Crippen LogP contribution in [-0.2, 0) is 4.79 Å². The second-order valence-electron chi connectivity index (χ2n) is 7.93. The fourth-order valence-electron chi connectivity index (χ4n) is 4.17. The van der Waals surface area contributed by atoms with E-state index < -0.39 is 0 Å². The van der Waals surface area contributed by atoms with Crippen LogP contribution in [0.1, 0.15) is 31.0 Å². The summed E-state index contributed by atoms with van der Waals surface area (Å²) in [5.74, 6) is 0.317. The van der Waals surface area contributed by atoms with Crippen molar-refractivity contribution in [1.29, 1.82) is 0 Å². The van der Waals surface area contributed by atoms with Gasteiger partial charge in [-0.05, 0) is 30.5 Å². The van der Waals surface area contributed by atoms with E-state index in [2.05, 4.69) is 49.9 Å². The number of benzene rings is 2. The van der Waals surface area contributed by atoms with E-state index in [0.29, 0.717) is 0 Å². The van der Waals surface area contributed by atoms with E-state index in [1.165, 1.54) is 5.56 Å². The van der Waals surface area contributed by atoms with Crippen LogP contribution in [0.5, 0.6) is 0 Å². The molecular formula is C24H27N3O. The molecule has 2 aromatic rings. The molecule has 0 aliphatic carbocycles. The first kappa shape index (κ1) is 18.5. The van der Waals surface area contributed by atoms with E-state index in [9.17, 15) is 4.79 Å². The standard InChI is InChI=1S/C24H27N3O/c1-16(2)21-20-22(18-12-10-17(3)11-13-18)27(19-8-6-5-7-9-19)24(28)23(20)26(4)15-14-25-21/h5-13,16,22H,14-15H2,1-4H3. The molecule has 28 heavy (non-hydrogen) atoms. The van der Waals surface area contributed by atoms with Crippen LogP contribution < -0.4 is 4.90 Å². The van der Waals surface area contributed by atoms with Gasteiger partial charge in [-0.1, -0.05) is 61.9 Å². The molecule has 4 rings (SSSR count). The molecule has 4 heteroatoms. The number of carbonyl (C=O) groups is 1. The first-order valence-electron chi connectivity index (χ1n) is 9.94. The molecule has 4 nitrogen and oxygen atoms in total. The lowest BCUT2D eigenvalue weighted by atomic mass is 9.89. The molecule has 0 radical (unpaired) electrons. The Hall–Kier alpha value is -2.88. The Morgan fingerprint density at radius 3 is 2.36 bits per heavy atom. The molecule has 0 N–H and O–H groups in total. The smallest absolute Gasteiger partial charge is 0.275 e. The van der Waals surface area contributed by atoms with Gasteiger partial charge in [0, 0.05) is 30.6 Å². The molecular weight excluding hydrogens is 346 g/mol. The third-order valence-electron chi connectivity index (χ3n) is 5.56. The van der Waals surface area contributed by atoms with Crippen LogP contribution in [-0.4, -0.2) is 36.7 Å². The largest absolute Gasteiger partial charge is 0.368 e. The molecule has 2 heterocycles. The predicted octanol–water partition coefficient (Wildman–Crippen LogP) is 4.38. The summed E-state index contributed by atoms with van der Waals surface area (Å²) in [5.41, 5.74) is 6.16. The summed E-state index contributed by atoms with van der Waals surface area (Å²) >= 11 is 0. The van der Waals surface area contributed by atoms with E-state index in [1.807, 2.05) is 42.3 Å². The van der Waals surface area contributed by atoms with Gasteiger partial charge in [0.05, 0.1) is 12.6 Å². The molecule has 2 aliphatic rings. The lowest BCUT2D eigenvalue weighted by Crippen LogP contribution is -2.34. The maximum absolute atomic E-state index is 13.7. The summed E-state index contributed by atoms with van der Waals surface area (Å²) in [4.78, 5) is 22.6. The highest BCUT2D eigenvalue weighted by molar-refractivity contribution is 6.19. The molecule has 0 fully saturated rings. The molecule has 1 atom stereocenters. The molecule has 0 spiro atoms. The van der Waals surface area contributed by atoms with Crippen LogP contribution in [0.2, 0.25) is 0 Å². The second-order valence-corrected chi connectivity index (χ2v) is 7.93. The number of aliphatic imine (C=N–C) groups is 1. The van der Waals surface area contributed by atoms with E-state index in [-0.39, 0.29) is 17.9 Å². The number of anilines is 1. The SMILES string of the molecule is Cc1ccc(C2C3=C(C(=O)N2c2ccccc2)N(C)CCN=C3C(C)C)cc1. The van der Waals surface area contributed by atoms with Gasteiger partial charge in [0.15, 0.2) is 0 Å². The Kier molecular flexibility index (Phi) is 4.80. The molecule has 144 valence electrons. The molecule has 0 aromatic heterocycles. The van der Waals surface area contributed by atoms with Crippen molar-refractivity contribution < 1.29 is 4.79 Å². The monoisotopic (exact) mass is 373 g/mol. The van der Waals surface area contributed by atoms with Gasteiger partial charge in [-0.25, -0.2) is 0 Å². The highest BCUT2D eigenvalue weighted by Crippen LogP contribution is 2.44. The molecule has 0 bridgehead atoms. The van der Waals surface area contributed by atoms with Crippen LogP contribution in [0, 0.1) is 12.8 Å². The van der Waals surface area contributed by atoms with Crippen molar-refractivity contribution >= 4 is 17.3 Å². The third kappa shape index (κ3) is 3.03. The first-order valence-corrected chi connectivity index (χ1v) is 9.94. The number of hydrogen-bond acceptors (Lipinski definition) is 3. The van der Waals surface area contributed by atoms with E-state index in [4.69, 9.17) is 4.99 Å². The Labute approximate surface area is 167 Å². The topological polar surface area (TPSA) is 35.9 Å². The molecule has 1 unspecified atom stereocenters. The van der Waals surface area contributed by atoms with E-state index >= 15 is 0 Å². The maximum atomic E-state index is 13.7.